The number of aliphatic hydroxyl groups excluding tert-OH is 1. The summed E-state index contributed by atoms with van der Waals surface area (Å²) in [5, 5.41) is 15.7. The largest absolute Gasteiger partial charge is 0.392 e. The smallest absolute Gasteiger partial charge is 0.263 e. The zero-order valence-electron chi connectivity index (χ0n) is 10.8. The Labute approximate surface area is 107 Å². The summed E-state index contributed by atoms with van der Waals surface area (Å²) in [4.78, 5) is 0. The molecule has 0 saturated carbocycles. The molecule has 0 aliphatic carbocycles. The number of H-pyrrole nitrogens is 1. The number of nitrogens with one attached hydrogen (secondary N) is 1. The first-order valence-corrected chi connectivity index (χ1v) is 7.48. The predicted octanol–water partition coefficient (Wildman–Crippen LogP) is 0.629. The van der Waals surface area contributed by atoms with Crippen LogP contribution in [-0.2, 0) is 16.6 Å². The van der Waals surface area contributed by atoms with Crippen molar-refractivity contribution in [3.63, 3.8) is 0 Å². The molecule has 0 radical (unpaired) electrons. The Hall–Kier alpha value is -0.920. The Morgan fingerprint density at radius 1 is 1.50 bits per heavy atom. The lowest BCUT2D eigenvalue weighted by molar-refractivity contribution is 0.277. The van der Waals surface area contributed by atoms with Gasteiger partial charge in [-0.15, -0.1) is 0 Å². The lowest BCUT2D eigenvalue weighted by atomic mass is 10.1. The topological polar surface area (TPSA) is 86.3 Å². The number of nitrogens with zero attached hydrogens (tertiary/aromatic N) is 2. The van der Waals surface area contributed by atoms with Gasteiger partial charge in [-0.1, -0.05) is 6.92 Å². The summed E-state index contributed by atoms with van der Waals surface area (Å²) in [6.45, 7) is 5.83. The van der Waals surface area contributed by atoms with Crippen molar-refractivity contribution in [1.29, 1.82) is 0 Å². The highest BCUT2D eigenvalue weighted by atomic mass is 32.2. The first-order chi connectivity index (χ1) is 8.37. The van der Waals surface area contributed by atoms with Gasteiger partial charge in [-0.2, -0.15) is 9.40 Å². The van der Waals surface area contributed by atoms with Crippen LogP contribution >= 0.6 is 0 Å². The summed E-state index contributed by atoms with van der Waals surface area (Å²) in [5.74, 6) is 0.354. The summed E-state index contributed by atoms with van der Waals surface area (Å²) < 4.78 is 26.5. The fourth-order valence-corrected chi connectivity index (χ4v) is 4.46. The molecule has 0 aromatic carbocycles. The van der Waals surface area contributed by atoms with E-state index in [4.69, 9.17) is 0 Å². The minimum atomic E-state index is -3.61. The summed E-state index contributed by atoms with van der Waals surface area (Å²) in [6, 6.07) is -0.0199. The lowest BCUT2D eigenvalue weighted by Gasteiger charge is -2.20. The van der Waals surface area contributed by atoms with E-state index in [9.17, 15) is 13.5 Å². The molecule has 102 valence electrons. The molecule has 7 heteroatoms. The second-order valence-electron chi connectivity index (χ2n) is 5.06. The van der Waals surface area contributed by atoms with Gasteiger partial charge < -0.3 is 5.11 Å². The Bertz CT molecular complexity index is 538. The maximum Gasteiger partial charge on any atom is 0.263 e. The minimum absolute atomic E-state index is 0.0199. The van der Waals surface area contributed by atoms with Crippen LogP contribution in [0.1, 0.15) is 31.5 Å². The second-order valence-corrected chi connectivity index (χ2v) is 6.86. The van der Waals surface area contributed by atoms with Gasteiger partial charge in [-0.3, -0.25) is 5.10 Å². The fourth-order valence-electron chi connectivity index (χ4n) is 2.54. The molecule has 0 bridgehead atoms. The van der Waals surface area contributed by atoms with Gasteiger partial charge in [-0.25, -0.2) is 8.42 Å². The van der Waals surface area contributed by atoms with Crippen molar-refractivity contribution < 1.29 is 13.5 Å². The van der Waals surface area contributed by atoms with Gasteiger partial charge in [0.05, 0.1) is 6.61 Å². The molecule has 2 unspecified atom stereocenters. The van der Waals surface area contributed by atoms with Gasteiger partial charge in [0.25, 0.3) is 10.0 Å². The SMILES string of the molecule is Cc1[nH]nc(S(=O)(=O)N2CC(C)CC2C)c1CO. The van der Waals surface area contributed by atoms with Crippen LogP contribution in [0.3, 0.4) is 0 Å². The Balaban J connectivity index is 2.42. The van der Waals surface area contributed by atoms with Crippen LogP contribution in [0.25, 0.3) is 0 Å². The number of hydrogen-bond acceptors (Lipinski definition) is 4. The highest BCUT2D eigenvalue weighted by molar-refractivity contribution is 7.89. The maximum atomic E-state index is 12.5. The van der Waals surface area contributed by atoms with Crippen LogP contribution in [0.4, 0.5) is 0 Å². The van der Waals surface area contributed by atoms with Crippen molar-refractivity contribution in [3.8, 4) is 0 Å². The molecule has 1 aromatic rings. The molecule has 1 aromatic heterocycles. The number of aryl methyl sites for hydroxylation is 1. The summed E-state index contributed by atoms with van der Waals surface area (Å²) in [6.07, 6.45) is 0.858. The molecule has 2 N–H and O–H groups in total. The summed E-state index contributed by atoms with van der Waals surface area (Å²) in [5.41, 5.74) is 0.956. The van der Waals surface area contributed by atoms with Crippen molar-refractivity contribution in [3.05, 3.63) is 11.3 Å². The molecule has 1 aliphatic heterocycles. The number of aliphatic hydroxyl groups is 1. The standard InChI is InChI=1S/C11H19N3O3S/c1-7-4-8(2)14(5-7)18(16,17)11-10(6-15)9(3)12-13-11/h7-8,15H,4-6H2,1-3H3,(H,12,13). The van der Waals surface area contributed by atoms with Crippen LogP contribution < -0.4 is 0 Å². The molecular formula is C11H19N3O3S. The van der Waals surface area contributed by atoms with E-state index in [0.29, 0.717) is 23.7 Å². The number of sulfonamides is 1. The molecule has 1 fully saturated rings. The second kappa shape index (κ2) is 4.64. The highest BCUT2D eigenvalue weighted by Gasteiger charge is 2.38. The van der Waals surface area contributed by atoms with Crippen molar-refractivity contribution in [2.24, 2.45) is 5.92 Å². The highest BCUT2D eigenvalue weighted by Crippen LogP contribution is 2.30. The van der Waals surface area contributed by atoms with Gasteiger partial charge in [0.2, 0.25) is 0 Å². The van der Waals surface area contributed by atoms with E-state index in [0.717, 1.165) is 6.42 Å². The minimum Gasteiger partial charge on any atom is -0.392 e. The quantitative estimate of drug-likeness (QED) is 0.845. The average molecular weight is 273 g/mol. The molecule has 18 heavy (non-hydrogen) atoms. The normalized spacial score (nSPS) is 25.8. The zero-order chi connectivity index (χ0) is 13.5. The number of hydrogen-bond donors (Lipinski definition) is 2. The van der Waals surface area contributed by atoms with Gasteiger partial charge in [0, 0.05) is 23.8 Å². The van der Waals surface area contributed by atoms with E-state index in [1.54, 1.807) is 6.92 Å². The third-order valence-corrected chi connectivity index (χ3v) is 5.43. The van der Waals surface area contributed by atoms with E-state index in [1.807, 2.05) is 13.8 Å². The molecule has 2 heterocycles. The number of aromatic amines is 1. The fraction of sp³-hybridized carbons (Fsp3) is 0.727. The van der Waals surface area contributed by atoms with Crippen LogP contribution in [0.2, 0.25) is 0 Å². The van der Waals surface area contributed by atoms with E-state index in [-0.39, 0.29) is 17.7 Å². The van der Waals surface area contributed by atoms with Crippen LogP contribution in [0.15, 0.2) is 5.03 Å². The molecule has 1 saturated heterocycles. The average Bonchev–Trinajstić information content (AvgIpc) is 2.82. The van der Waals surface area contributed by atoms with Crippen LogP contribution in [0, 0.1) is 12.8 Å². The van der Waals surface area contributed by atoms with Crippen molar-refractivity contribution in [2.75, 3.05) is 6.54 Å². The van der Waals surface area contributed by atoms with Crippen molar-refractivity contribution >= 4 is 10.0 Å². The Morgan fingerprint density at radius 3 is 2.67 bits per heavy atom. The molecule has 0 spiro atoms. The number of aromatic nitrogens is 2. The van der Waals surface area contributed by atoms with Gasteiger partial charge in [-0.05, 0) is 26.2 Å². The monoisotopic (exact) mass is 273 g/mol. The molecule has 2 atom stereocenters. The van der Waals surface area contributed by atoms with Gasteiger partial charge >= 0.3 is 0 Å². The van der Waals surface area contributed by atoms with E-state index >= 15 is 0 Å². The predicted molar refractivity (Wildman–Crippen MR) is 66.4 cm³/mol. The first-order valence-electron chi connectivity index (χ1n) is 6.04. The summed E-state index contributed by atoms with van der Waals surface area (Å²) in [7, 11) is -3.61. The molecule has 0 amide bonds. The Morgan fingerprint density at radius 2 is 2.17 bits per heavy atom. The molecule has 6 nitrogen and oxygen atoms in total. The van der Waals surface area contributed by atoms with Crippen LogP contribution in [0.5, 0.6) is 0 Å². The van der Waals surface area contributed by atoms with Crippen molar-refractivity contribution in [1.82, 2.24) is 14.5 Å². The zero-order valence-corrected chi connectivity index (χ0v) is 11.7. The first kappa shape index (κ1) is 13.5. The number of rotatable bonds is 3. The van der Waals surface area contributed by atoms with Gasteiger partial charge in [0.15, 0.2) is 5.03 Å². The maximum absolute atomic E-state index is 12.5. The lowest BCUT2D eigenvalue weighted by Crippen LogP contribution is -2.34. The third-order valence-electron chi connectivity index (χ3n) is 3.47. The van der Waals surface area contributed by atoms with E-state index in [1.165, 1.54) is 4.31 Å². The van der Waals surface area contributed by atoms with E-state index in [2.05, 4.69) is 10.2 Å². The Kier molecular flexibility index (Phi) is 3.48. The molecule has 2 rings (SSSR count). The third kappa shape index (κ3) is 2.06. The van der Waals surface area contributed by atoms with Crippen LogP contribution in [-0.4, -0.2) is 40.6 Å². The van der Waals surface area contributed by atoms with Gasteiger partial charge in [0.1, 0.15) is 0 Å². The molecule has 1 aliphatic rings. The van der Waals surface area contributed by atoms with E-state index < -0.39 is 10.0 Å². The molecular weight excluding hydrogens is 254 g/mol. The summed E-state index contributed by atoms with van der Waals surface area (Å²) >= 11 is 0. The van der Waals surface area contributed by atoms with Crippen molar-refractivity contribution in [2.45, 2.75) is 44.9 Å².